The lowest BCUT2D eigenvalue weighted by molar-refractivity contribution is -0.122. The number of hydrogen-bond donors (Lipinski definition) is 3. The van der Waals surface area contributed by atoms with Gasteiger partial charge in [0.25, 0.3) is 0 Å². The van der Waals surface area contributed by atoms with E-state index in [1.165, 1.54) is 19.2 Å². The van der Waals surface area contributed by atoms with E-state index in [4.69, 9.17) is 4.74 Å². The van der Waals surface area contributed by atoms with E-state index in [1.54, 1.807) is 18.2 Å². The lowest BCUT2D eigenvalue weighted by Crippen LogP contribution is -2.36. The van der Waals surface area contributed by atoms with Gasteiger partial charge in [-0.15, -0.1) is 0 Å². The van der Waals surface area contributed by atoms with Gasteiger partial charge in [-0.05, 0) is 42.8 Å². The number of ether oxygens (including phenoxy) is 1. The van der Waals surface area contributed by atoms with Crippen LogP contribution in [0.3, 0.4) is 0 Å². The Bertz CT molecular complexity index is 814. The smallest absolute Gasteiger partial charge is 0.243 e. The van der Waals surface area contributed by atoms with Crippen molar-refractivity contribution in [2.45, 2.75) is 6.92 Å². The van der Waals surface area contributed by atoms with Crippen LogP contribution in [0.5, 0.6) is 5.75 Å². The first kappa shape index (κ1) is 19.7. The summed E-state index contributed by atoms with van der Waals surface area (Å²) in [5.41, 5.74) is 1.70. The third-order valence-corrected chi connectivity index (χ3v) is 3.94. The minimum Gasteiger partial charge on any atom is -0.495 e. The van der Waals surface area contributed by atoms with Gasteiger partial charge in [0.15, 0.2) is 0 Å². The topological polar surface area (TPSA) is 79.5 Å². The molecule has 138 valence electrons. The van der Waals surface area contributed by atoms with Crippen LogP contribution in [0.15, 0.2) is 40.9 Å². The molecule has 0 radical (unpaired) electrons. The molecule has 0 saturated heterocycles. The van der Waals surface area contributed by atoms with Crippen molar-refractivity contribution in [1.82, 2.24) is 5.32 Å². The zero-order valence-corrected chi connectivity index (χ0v) is 15.9. The van der Waals surface area contributed by atoms with Crippen LogP contribution >= 0.6 is 15.9 Å². The summed E-state index contributed by atoms with van der Waals surface area (Å²) in [7, 11) is 1.51. The van der Waals surface area contributed by atoms with Gasteiger partial charge in [-0.25, -0.2) is 4.39 Å². The summed E-state index contributed by atoms with van der Waals surface area (Å²) in [6, 6.07) is 9.86. The number of methoxy groups -OCH3 is 1. The van der Waals surface area contributed by atoms with E-state index in [-0.39, 0.29) is 18.8 Å². The number of aryl methyl sites for hydroxylation is 1. The molecule has 3 N–H and O–H groups in total. The molecule has 0 aromatic heterocycles. The van der Waals surface area contributed by atoms with Gasteiger partial charge in [-0.2, -0.15) is 0 Å². The molecule has 0 heterocycles. The molecule has 2 rings (SSSR count). The Kier molecular flexibility index (Phi) is 6.97. The zero-order valence-electron chi connectivity index (χ0n) is 14.4. The summed E-state index contributed by atoms with van der Waals surface area (Å²) in [5, 5.41) is 7.83. The van der Waals surface area contributed by atoms with Gasteiger partial charge in [0.05, 0.1) is 31.6 Å². The summed E-state index contributed by atoms with van der Waals surface area (Å²) < 4.78 is 19.4. The van der Waals surface area contributed by atoms with Gasteiger partial charge >= 0.3 is 0 Å². The number of carbonyl (C=O) groups is 2. The molecule has 0 spiro atoms. The van der Waals surface area contributed by atoms with Gasteiger partial charge in [0.2, 0.25) is 11.8 Å². The highest BCUT2D eigenvalue weighted by molar-refractivity contribution is 9.10. The highest BCUT2D eigenvalue weighted by Gasteiger charge is 2.10. The summed E-state index contributed by atoms with van der Waals surface area (Å²) in [5.74, 6) is -0.769. The second kappa shape index (κ2) is 9.19. The van der Waals surface area contributed by atoms with Gasteiger partial charge in [0, 0.05) is 4.47 Å². The Morgan fingerprint density at radius 3 is 2.54 bits per heavy atom. The maximum absolute atomic E-state index is 13.7. The molecule has 8 heteroatoms. The van der Waals surface area contributed by atoms with Crippen molar-refractivity contribution in [2.75, 3.05) is 30.8 Å². The Morgan fingerprint density at radius 2 is 1.85 bits per heavy atom. The molecule has 0 aliphatic carbocycles. The van der Waals surface area contributed by atoms with E-state index < -0.39 is 17.6 Å². The van der Waals surface area contributed by atoms with Gasteiger partial charge in [-0.3, -0.25) is 9.59 Å². The summed E-state index contributed by atoms with van der Waals surface area (Å²) in [4.78, 5) is 23.8. The van der Waals surface area contributed by atoms with Gasteiger partial charge in [0.1, 0.15) is 11.6 Å². The van der Waals surface area contributed by atoms with Crippen LogP contribution in [-0.4, -0.2) is 32.0 Å². The number of hydrogen-bond acceptors (Lipinski definition) is 4. The first-order valence-corrected chi connectivity index (χ1v) is 8.58. The van der Waals surface area contributed by atoms with E-state index in [1.807, 2.05) is 13.0 Å². The second-order valence-electron chi connectivity index (χ2n) is 5.51. The molecular formula is C18H19BrFN3O3. The lowest BCUT2D eigenvalue weighted by Gasteiger charge is -2.12. The van der Waals surface area contributed by atoms with E-state index >= 15 is 0 Å². The van der Waals surface area contributed by atoms with Gasteiger partial charge in [-0.1, -0.05) is 22.0 Å². The minimum atomic E-state index is -0.475. The Morgan fingerprint density at radius 1 is 1.08 bits per heavy atom. The van der Waals surface area contributed by atoms with Crippen molar-refractivity contribution in [1.29, 1.82) is 0 Å². The van der Waals surface area contributed by atoms with Crippen LogP contribution in [0, 0.1) is 12.7 Å². The molecule has 2 amide bonds. The van der Waals surface area contributed by atoms with Crippen LogP contribution in [-0.2, 0) is 9.59 Å². The quantitative estimate of drug-likeness (QED) is 0.639. The number of halogens is 2. The average Bonchev–Trinajstić information content (AvgIpc) is 2.59. The first-order chi connectivity index (χ1) is 12.4. The maximum atomic E-state index is 13.7. The summed E-state index contributed by atoms with van der Waals surface area (Å²) in [6.45, 7) is 1.53. The zero-order chi connectivity index (χ0) is 19.1. The molecule has 0 aliphatic rings. The molecule has 0 fully saturated rings. The van der Waals surface area contributed by atoms with Crippen molar-refractivity contribution >= 4 is 39.1 Å². The third-order valence-electron chi connectivity index (χ3n) is 3.45. The molecule has 0 aliphatic heterocycles. The Balaban J connectivity index is 1.81. The Hall–Kier alpha value is -2.61. The number of nitrogens with one attached hydrogen (secondary N) is 3. The highest BCUT2D eigenvalue weighted by Crippen LogP contribution is 2.25. The normalized spacial score (nSPS) is 10.2. The van der Waals surface area contributed by atoms with Crippen LogP contribution in [0.4, 0.5) is 15.8 Å². The minimum absolute atomic E-state index is 0.153. The molecule has 0 saturated carbocycles. The van der Waals surface area contributed by atoms with E-state index in [2.05, 4.69) is 31.9 Å². The summed E-state index contributed by atoms with van der Waals surface area (Å²) in [6.07, 6.45) is 0. The first-order valence-electron chi connectivity index (χ1n) is 7.79. The number of benzene rings is 2. The average molecular weight is 424 g/mol. The standard InChI is InChI=1S/C18H19BrFN3O3/c1-11-3-6-16(26-2)15(7-11)23-18(25)10-22-17(24)9-21-14-5-4-12(19)8-13(14)20/h3-8,21H,9-10H2,1-2H3,(H,22,24)(H,23,25). The molecule has 6 nitrogen and oxygen atoms in total. The second-order valence-corrected chi connectivity index (χ2v) is 6.42. The molecule has 0 bridgehead atoms. The molecular weight excluding hydrogens is 405 g/mol. The van der Waals surface area contributed by atoms with Crippen LogP contribution in [0.2, 0.25) is 0 Å². The van der Waals surface area contributed by atoms with Crippen LogP contribution < -0.4 is 20.7 Å². The lowest BCUT2D eigenvalue weighted by atomic mass is 10.2. The number of anilines is 2. The third kappa shape index (κ3) is 5.73. The van der Waals surface area contributed by atoms with Crippen molar-refractivity contribution in [3.63, 3.8) is 0 Å². The van der Waals surface area contributed by atoms with Crippen LogP contribution in [0.1, 0.15) is 5.56 Å². The number of carbonyl (C=O) groups excluding carboxylic acids is 2. The van der Waals surface area contributed by atoms with E-state index in [0.29, 0.717) is 15.9 Å². The predicted octanol–water partition coefficient (Wildman–Crippen LogP) is 3.07. The highest BCUT2D eigenvalue weighted by atomic mass is 79.9. The maximum Gasteiger partial charge on any atom is 0.243 e. The molecule has 26 heavy (non-hydrogen) atoms. The molecule has 2 aromatic carbocycles. The van der Waals surface area contributed by atoms with Crippen molar-refractivity contribution in [3.8, 4) is 5.75 Å². The molecule has 0 atom stereocenters. The van der Waals surface area contributed by atoms with Crippen molar-refractivity contribution in [2.24, 2.45) is 0 Å². The summed E-state index contributed by atoms with van der Waals surface area (Å²) >= 11 is 3.16. The Labute approximate surface area is 159 Å². The fourth-order valence-corrected chi connectivity index (χ4v) is 2.50. The van der Waals surface area contributed by atoms with E-state index in [0.717, 1.165) is 5.56 Å². The molecule has 0 unspecified atom stereocenters. The monoisotopic (exact) mass is 423 g/mol. The fourth-order valence-electron chi connectivity index (χ4n) is 2.16. The van der Waals surface area contributed by atoms with Crippen molar-refractivity contribution < 1.29 is 18.7 Å². The number of amides is 2. The van der Waals surface area contributed by atoms with Crippen LogP contribution in [0.25, 0.3) is 0 Å². The van der Waals surface area contributed by atoms with Crippen molar-refractivity contribution in [3.05, 3.63) is 52.3 Å². The molecule has 2 aromatic rings. The fraction of sp³-hybridized carbons (Fsp3) is 0.222. The number of rotatable bonds is 7. The largest absolute Gasteiger partial charge is 0.495 e. The van der Waals surface area contributed by atoms with Gasteiger partial charge < -0.3 is 20.7 Å². The predicted molar refractivity (Wildman–Crippen MR) is 102 cm³/mol. The van der Waals surface area contributed by atoms with E-state index in [9.17, 15) is 14.0 Å². The SMILES string of the molecule is COc1ccc(C)cc1NC(=O)CNC(=O)CNc1ccc(Br)cc1F.